The van der Waals surface area contributed by atoms with Crippen molar-refractivity contribution in [1.82, 2.24) is 10.1 Å². The Labute approximate surface area is 138 Å². The fourth-order valence-corrected chi connectivity index (χ4v) is 3.60. The van der Waals surface area contributed by atoms with Crippen LogP contribution >= 0.6 is 0 Å². The first kappa shape index (κ1) is 16.1. The molecule has 0 radical (unpaired) electrons. The van der Waals surface area contributed by atoms with Crippen LogP contribution in [0.3, 0.4) is 0 Å². The molecule has 1 saturated heterocycles. The summed E-state index contributed by atoms with van der Waals surface area (Å²) in [6, 6.07) is 9.00. The van der Waals surface area contributed by atoms with Crippen molar-refractivity contribution in [3.8, 4) is 5.75 Å². The zero-order valence-electron chi connectivity index (χ0n) is 14.3. The molecule has 1 aromatic heterocycles. The number of ether oxygens (including phenoxy) is 1. The van der Waals surface area contributed by atoms with E-state index < -0.39 is 0 Å². The van der Waals surface area contributed by atoms with Crippen LogP contribution < -0.4 is 4.74 Å². The van der Waals surface area contributed by atoms with Gasteiger partial charge in [-0.15, -0.1) is 0 Å². The molecule has 0 amide bonds. The lowest BCUT2D eigenvalue weighted by Gasteiger charge is -2.36. The van der Waals surface area contributed by atoms with Crippen molar-refractivity contribution in [2.24, 2.45) is 0 Å². The second-order valence-electron chi connectivity index (χ2n) is 6.38. The van der Waals surface area contributed by atoms with Gasteiger partial charge in [-0.25, -0.2) is 0 Å². The molecule has 1 aliphatic rings. The van der Waals surface area contributed by atoms with E-state index >= 15 is 0 Å². The summed E-state index contributed by atoms with van der Waals surface area (Å²) in [7, 11) is 1.73. The number of methoxy groups -OCH3 is 1. The number of hydrogen-bond acceptors (Lipinski definition) is 4. The van der Waals surface area contributed by atoms with Gasteiger partial charge in [0.05, 0.1) is 12.8 Å². The van der Waals surface area contributed by atoms with Gasteiger partial charge in [0.15, 0.2) is 0 Å². The molecule has 1 aromatic carbocycles. The molecule has 0 bridgehead atoms. The van der Waals surface area contributed by atoms with E-state index in [1.165, 1.54) is 30.4 Å². The lowest BCUT2D eigenvalue weighted by Crippen LogP contribution is -2.35. The van der Waals surface area contributed by atoms with Crippen LogP contribution in [-0.2, 0) is 6.42 Å². The Morgan fingerprint density at radius 1 is 1.30 bits per heavy atom. The van der Waals surface area contributed by atoms with Gasteiger partial charge in [-0.05, 0) is 57.4 Å². The van der Waals surface area contributed by atoms with Crippen molar-refractivity contribution in [2.45, 2.75) is 45.6 Å². The lowest BCUT2D eigenvalue weighted by atomic mass is 9.94. The number of aromatic nitrogens is 1. The summed E-state index contributed by atoms with van der Waals surface area (Å²) in [5, 5.41) is 4.07. The molecule has 0 unspecified atom stereocenters. The second kappa shape index (κ2) is 7.18. The van der Waals surface area contributed by atoms with Crippen LogP contribution in [0.25, 0.3) is 0 Å². The molecule has 1 aliphatic heterocycles. The summed E-state index contributed by atoms with van der Waals surface area (Å²) in [5.41, 5.74) is 3.65. The van der Waals surface area contributed by atoms with Gasteiger partial charge in [-0.2, -0.15) is 0 Å². The predicted molar refractivity (Wildman–Crippen MR) is 90.8 cm³/mol. The number of rotatable bonds is 5. The van der Waals surface area contributed by atoms with Gasteiger partial charge in [-0.1, -0.05) is 23.7 Å². The van der Waals surface area contributed by atoms with Gasteiger partial charge < -0.3 is 9.26 Å². The summed E-state index contributed by atoms with van der Waals surface area (Å²) in [6.07, 6.45) is 4.79. The molecule has 0 aliphatic carbocycles. The summed E-state index contributed by atoms with van der Waals surface area (Å²) in [6.45, 7) is 6.24. The molecular weight excluding hydrogens is 288 g/mol. The van der Waals surface area contributed by atoms with Crippen LogP contribution in [0, 0.1) is 13.8 Å². The Hall–Kier alpha value is -1.81. The SMILES string of the molecule is COc1cccc([C@H]2CCCCN2CCc2c(C)noc2C)c1. The molecule has 0 spiro atoms. The molecule has 4 nitrogen and oxygen atoms in total. The normalized spacial score (nSPS) is 19.0. The number of nitrogens with zero attached hydrogens (tertiary/aromatic N) is 2. The Morgan fingerprint density at radius 2 is 2.17 bits per heavy atom. The van der Waals surface area contributed by atoms with Crippen LogP contribution in [0.15, 0.2) is 28.8 Å². The van der Waals surface area contributed by atoms with Gasteiger partial charge in [-0.3, -0.25) is 4.90 Å². The highest BCUT2D eigenvalue weighted by atomic mass is 16.5. The first-order chi connectivity index (χ1) is 11.2. The van der Waals surface area contributed by atoms with Gasteiger partial charge in [0.1, 0.15) is 11.5 Å². The maximum Gasteiger partial charge on any atom is 0.137 e. The lowest BCUT2D eigenvalue weighted by molar-refractivity contribution is 0.150. The van der Waals surface area contributed by atoms with Crippen LogP contribution in [0.2, 0.25) is 0 Å². The Kier molecular flexibility index (Phi) is 5.01. The average Bonchev–Trinajstić information content (AvgIpc) is 2.91. The average molecular weight is 314 g/mol. The third-order valence-corrected chi connectivity index (χ3v) is 4.92. The molecule has 0 saturated carbocycles. The summed E-state index contributed by atoms with van der Waals surface area (Å²) < 4.78 is 10.7. The molecule has 124 valence electrons. The Morgan fingerprint density at radius 3 is 2.91 bits per heavy atom. The zero-order chi connectivity index (χ0) is 16.2. The number of aryl methyl sites for hydroxylation is 2. The maximum atomic E-state index is 5.39. The summed E-state index contributed by atoms with van der Waals surface area (Å²) in [5.74, 6) is 1.90. The van der Waals surface area contributed by atoms with Crippen molar-refractivity contribution in [3.05, 3.63) is 46.8 Å². The van der Waals surface area contributed by atoms with Crippen LogP contribution in [0.1, 0.15) is 47.9 Å². The van der Waals surface area contributed by atoms with Crippen molar-refractivity contribution in [1.29, 1.82) is 0 Å². The molecule has 23 heavy (non-hydrogen) atoms. The predicted octanol–water partition coefficient (Wildman–Crippen LogP) is 4.07. The second-order valence-corrected chi connectivity index (χ2v) is 6.38. The molecule has 1 atom stereocenters. The van der Waals surface area contributed by atoms with Gasteiger partial charge in [0.2, 0.25) is 0 Å². The number of likely N-dealkylation sites (tertiary alicyclic amines) is 1. The van der Waals surface area contributed by atoms with E-state index in [1.54, 1.807) is 7.11 Å². The van der Waals surface area contributed by atoms with Crippen molar-refractivity contribution >= 4 is 0 Å². The fraction of sp³-hybridized carbons (Fsp3) is 0.526. The highest BCUT2D eigenvalue weighted by Crippen LogP contribution is 2.32. The standard InChI is InChI=1S/C19H26N2O2/c1-14-18(15(2)23-20-14)10-12-21-11-5-4-9-19(21)16-7-6-8-17(13-16)22-3/h6-8,13,19H,4-5,9-12H2,1-3H3/t19-/m1/s1. The molecule has 4 heteroatoms. The van der Waals surface area contributed by atoms with E-state index in [9.17, 15) is 0 Å². The minimum absolute atomic E-state index is 0.485. The molecule has 3 rings (SSSR count). The van der Waals surface area contributed by atoms with E-state index in [4.69, 9.17) is 9.26 Å². The minimum atomic E-state index is 0.485. The first-order valence-electron chi connectivity index (χ1n) is 8.49. The van der Waals surface area contributed by atoms with Crippen molar-refractivity contribution < 1.29 is 9.26 Å². The molecule has 1 fully saturated rings. The van der Waals surface area contributed by atoms with Crippen LogP contribution in [0.5, 0.6) is 5.75 Å². The maximum absolute atomic E-state index is 5.39. The minimum Gasteiger partial charge on any atom is -0.497 e. The third-order valence-electron chi connectivity index (χ3n) is 4.92. The molecular formula is C19H26N2O2. The van der Waals surface area contributed by atoms with Gasteiger partial charge in [0.25, 0.3) is 0 Å². The number of piperidine rings is 1. The molecule has 2 aromatic rings. The van der Waals surface area contributed by atoms with E-state index in [-0.39, 0.29) is 0 Å². The summed E-state index contributed by atoms with van der Waals surface area (Å²) >= 11 is 0. The van der Waals surface area contributed by atoms with Gasteiger partial charge >= 0.3 is 0 Å². The van der Waals surface area contributed by atoms with E-state index in [0.717, 1.165) is 36.7 Å². The topological polar surface area (TPSA) is 38.5 Å². The highest BCUT2D eigenvalue weighted by molar-refractivity contribution is 5.31. The van der Waals surface area contributed by atoms with E-state index in [2.05, 4.69) is 28.3 Å². The largest absolute Gasteiger partial charge is 0.497 e. The molecule has 0 N–H and O–H groups in total. The van der Waals surface area contributed by atoms with E-state index in [0.29, 0.717) is 6.04 Å². The fourth-order valence-electron chi connectivity index (χ4n) is 3.60. The number of hydrogen-bond donors (Lipinski definition) is 0. The van der Waals surface area contributed by atoms with Crippen molar-refractivity contribution in [2.75, 3.05) is 20.2 Å². The van der Waals surface area contributed by atoms with Crippen LogP contribution in [-0.4, -0.2) is 30.3 Å². The third kappa shape index (κ3) is 3.58. The van der Waals surface area contributed by atoms with E-state index in [1.807, 2.05) is 19.9 Å². The van der Waals surface area contributed by atoms with Gasteiger partial charge in [0, 0.05) is 18.2 Å². The molecule has 2 heterocycles. The smallest absolute Gasteiger partial charge is 0.137 e. The quantitative estimate of drug-likeness (QED) is 0.834. The summed E-state index contributed by atoms with van der Waals surface area (Å²) in [4.78, 5) is 2.60. The Balaban J connectivity index is 1.73. The zero-order valence-corrected chi connectivity index (χ0v) is 14.3. The first-order valence-corrected chi connectivity index (χ1v) is 8.49. The van der Waals surface area contributed by atoms with Crippen molar-refractivity contribution in [3.63, 3.8) is 0 Å². The number of benzene rings is 1. The van der Waals surface area contributed by atoms with Crippen LogP contribution in [0.4, 0.5) is 0 Å². The Bertz CT molecular complexity index is 631. The monoisotopic (exact) mass is 314 g/mol. The highest BCUT2D eigenvalue weighted by Gasteiger charge is 2.24.